The van der Waals surface area contributed by atoms with Gasteiger partial charge in [-0.15, -0.1) is 0 Å². The SMILES string of the molecule is O=C(O)CN(C(=O)c1cc(Cl)c(Cl)[nH]1)C1CCCC1. The van der Waals surface area contributed by atoms with Crippen LogP contribution in [0.3, 0.4) is 0 Å². The third-order valence-electron chi connectivity index (χ3n) is 3.29. The number of amides is 1. The van der Waals surface area contributed by atoms with Crippen molar-refractivity contribution in [3.05, 3.63) is 21.9 Å². The number of hydrogen-bond donors (Lipinski definition) is 2. The van der Waals surface area contributed by atoms with E-state index in [1.807, 2.05) is 0 Å². The highest BCUT2D eigenvalue weighted by atomic mass is 35.5. The fourth-order valence-electron chi connectivity index (χ4n) is 2.40. The molecule has 5 nitrogen and oxygen atoms in total. The standard InChI is InChI=1S/C12H14Cl2N2O3/c13-8-5-9(15-11(8)14)12(19)16(6-10(17)18)7-3-1-2-4-7/h5,7,15H,1-4,6H2,(H,17,18). The molecule has 0 aromatic carbocycles. The molecule has 2 rings (SSSR count). The molecular formula is C12H14Cl2N2O3. The maximum atomic E-state index is 12.3. The van der Waals surface area contributed by atoms with Gasteiger partial charge in [-0.25, -0.2) is 0 Å². The summed E-state index contributed by atoms with van der Waals surface area (Å²) in [7, 11) is 0. The van der Waals surface area contributed by atoms with Crippen molar-refractivity contribution >= 4 is 35.1 Å². The number of carbonyl (C=O) groups excluding carboxylic acids is 1. The number of aliphatic carboxylic acids is 1. The first-order valence-electron chi connectivity index (χ1n) is 6.06. The molecule has 1 fully saturated rings. The summed E-state index contributed by atoms with van der Waals surface area (Å²) in [5.74, 6) is -1.40. The zero-order valence-corrected chi connectivity index (χ0v) is 11.7. The smallest absolute Gasteiger partial charge is 0.323 e. The lowest BCUT2D eigenvalue weighted by Crippen LogP contribution is -2.42. The van der Waals surface area contributed by atoms with E-state index >= 15 is 0 Å². The topological polar surface area (TPSA) is 73.4 Å². The van der Waals surface area contributed by atoms with Gasteiger partial charge in [-0.3, -0.25) is 9.59 Å². The Kier molecular flexibility index (Phi) is 4.37. The predicted octanol–water partition coefficient (Wildman–Crippen LogP) is 2.79. The van der Waals surface area contributed by atoms with E-state index in [0.717, 1.165) is 25.7 Å². The number of halogens is 2. The summed E-state index contributed by atoms with van der Waals surface area (Å²) in [5.41, 5.74) is 0.225. The Morgan fingerprint density at radius 1 is 1.37 bits per heavy atom. The Balaban J connectivity index is 2.21. The normalized spacial score (nSPS) is 15.7. The van der Waals surface area contributed by atoms with Crippen LogP contribution in [0.25, 0.3) is 0 Å². The van der Waals surface area contributed by atoms with Crippen LogP contribution in [0.2, 0.25) is 10.2 Å². The van der Waals surface area contributed by atoms with Gasteiger partial charge in [0.05, 0.1) is 5.02 Å². The number of H-pyrrole nitrogens is 1. The summed E-state index contributed by atoms with van der Waals surface area (Å²) in [6, 6.07) is 1.40. The van der Waals surface area contributed by atoms with Crippen LogP contribution in [-0.2, 0) is 4.79 Å². The molecule has 0 unspecified atom stereocenters. The van der Waals surface area contributed by atoms with Crippen LogP contribution < -0.4 is 0 Å². The second kappa shape index (κ2) is 5.84. The van der Waals surface area contributed by atoms with E-state index < -0.39 is 5.97 Å². The van der Waals surface area contributed by atoms with E-state index in [9.17, 15) is 9.59 Å². The lowest BCUT2D eigenvalue weighted by atomic mass is 10.2. The Morgan fingerprint density at radius 3 is 2.47 bits per heavy atom. The Morgan fingerprint density at radius 2 is 2.00 bits per heavy atom. The van der Waals surface area contributed by atoms with Gasteiger partial charge in [0.15, 0.2) is 0 Å². The monoisotopic (exact) mass is 304 g/mol. The van der Waals surface area contributed by atoms with E-state index in [4.69, 9.17) is 28.3 Å². The molecule has 0 spiro atoms. The van der Waals surface area contributed by atoms with Crippen molar-refractivity contribution in [1.82, 2.24) is 9.88 Å². The maximum Gasteiger partial charge on any atom is 0.323 e. The number of rotatable bonds is 4. The third-order valence-corrected chi connectivity index (χ3v) is 3.98. The zero-order chi connectivity index (χ0) is 14.0. The molecule has 0 radical (unpaired) electrons. The highest BCUT2D eigenvalue weighted by Gasteiger charge is 2.30. The maximum absolute atomic E-state index is 12.3. The fourth-order valence-corrected chi connectivity index (χ4v) is 2.72. The van der Waals surface area contributed by atoms with E-state index in [-0.39, 0.29) is 34.4 Å². The van der Waals surface area contributed by atoms with Crippen LogP contribution >= 0.6 is 23.2 Å². The number of nitrogens with one attached hydrogen (secondary N) is 1. The van der Waals surface area contributed by atoms with E-state index in [0.29, 0.717) is 0 Å². The van der Waals surface area contributed by atoms with Crippen molar-refractivity contribution in [1.29, 1.82) is 0 Å². The molecule has 7 heteroatoms. The molecule has 19 heavy (non-hydrogen) atoms. The van der Waals surface area contributed by atoms with E-state index in [1.54, 1.807) is 0 Å². The van der Waals surface area contributed by atoms with E-state index in [1.165, 1.54) is 11.0 Å². The van der Waals surface area contributed by atoms with Gasteiger partial charge < -0.3 is 15.0 Å². The summed E-state index contributed by atoms with van der Waals surface area (Å²) >= 11 is 11.6. The van der Waals surface area contributed by atoms with Gasteiger partial charge >= 0.3 is 5.97 Å². The lowest BCUT2D eigenvalue weighted by Gasteiger charge is -2.26. The second-order valence-corrected chi connectivity index (χ2v) is 5.40. The number of hydrogen-bond acceptors (Lipinski definition) is 2. The van der Waals surface area contributed by atoms with Crippen LogP contribution in [0.4, 0.5) is 0 Å². The van der Waals surface area contributed by atoms with Crippen molar-refractivity contribution in [2.45, 2.75) is 31.7 Å². The molecule has 2 N–H and O–H groups in total. The molecule has 104 valence electrons. The quantitative estimate of drug-likeness (QED) is 0.898. The highest BCUT2D eigenvalue weighted by Crippen LogP contribution is 2.27. The minimum Gasteiger partial charge on any atom is -0.480 e. The van der Waals surface area contributed by atoms with Crippen molar-refractivity contribution in [2.24, 2.45) is 0 Å². The summed E-state index contributed by atoms with van der Waals surface area (Å²) in [6.07, 6.45) is 3.70. The largest absolute Gasteiger partial charge is 0.480 e. The summed E-state index contributed by atoms with van der Waals surface area (Å²) < 4.78 is 0. The van der Waals surface area contributed by atoms with Crippen molar-refractivity contribution in [3.63, 3.8) is 0 Å². The summed E-state index contributed by atoms with van der Waals surface area (Å²) in [5, 5.41) is 9.39. The van der Waals surface area contributed by atoms with Crippen molar-refractivity contribution in [2.75, 3.05) is 6.54 Å². The molecule has 1 heterocycles. The first-order valence-corrected chi connectivity index (χ1v) is 6.81. The Labute approximate surface area is 120 Å². The van der Waals surface area contributed by atoms with Crippen molar-refractivity contribution < 1.29 is 14.7 Å². The Bertz CT molecular complexity index is 476. The van der Waals surface area contributed by atoms with Crippen LogP contribution in [0.1, 0.15) is 36.2 Å². The molecule has 1 aromatic heterocycles. The Hall–Kier alpha value is -1.20. The summed E-state index contributed by atoms with van der Waals surface area (Å²) in [6.45, 7) is -0.308. The molecule has 1 aliphatic carbocycles. The molecular weight excluding hydrogens is 291 g/mol. The van der Waals surface area contributed by atoms with E-state index in [2.05, 4.69) is 4.98 Å². The average molecular weight is 305 g/mol. The van der Waals surface area contributed by atoms with Crippen LogP contribution in [0.5, 0.6) is 0 Å². The molecule has 0 saturated heterocycles. The van der Waals surface area contributed by atoms with Gasteiger partial charge in [0.25, 0.3) is 5.91 Å². The van der Waals surface area contributed by atoms with Crippen LogP contribution in [0.15, 0.2) is 6.07 Å². The number of aromatic nitrogens is 1. The minimum absolute atomic E-state index is 0.0237. The zero-order valence-electron chi connectivity index (χ0n) is 10.2. The number of carbonyl (C=O) groups is 2. The minimum atomic E-state index is -1.02. The molecule has 1 aromatic rings. The first kappa shape index (κ1) is 14.2. The third kappa shape index (κ3) is 3.22. The molecule has 1 aliphatic rings. The van der Waals surface area contributed by atoms with Gasteiger partial charge in [0.1, 0.15) is 17.4 Å². The average Bonchev–Trinajstić information content (AvgIpc) is 2.96. The number of aromatic amines is 1. The molecule has 0 atom stereocenters. The molecule has 1 saturated carbocycles. The highest BCUT2D eigenvalue weighted by molar-refractivity contribution is 6.41. The van der Waals surface area contributed by atoms with Crippen LogP contribution in [0, 0.1) is 0 Å². The molecule has 1 amide bonds. The first-order chi connectivity index (χ1) is 8.99. The van der Waals surface area contributed by atoms with Crippen molar-refractivity contribution in [3.8, 4) is 0 Å². The molecule has 0 aliphatic heterocycles. The summed E-state index contributed by atoms with van der Waals surface area (Å²) in [4.78, 5) is 27.3. The second-order valence-electron chi connectivity index (χ2n) is 4.61. The van der Waals surface area contributed by atoms with Gasteiger partial charge in [0.2, 0.25) is 0 Å². The molecule has 0 bridgehead atoms. The predicted molar refractivity (Wildman–Crippen MR) is 71.7 cm³/mol. The number of carboxylic acid groups (broad SMARTS) is 1. The fraction of sp³-hybridized carbons (Fsp3) is 0.500. The van der Waals surface area contributed by atoms with Gasteiger partial charge in [-0.1, -0.05) is 36.0 Å². The van der Waals surface area contributed by atoms with Gasteiger partial charge in [-0.05, 0) is 18.9 Å². The van der Waals surface area contributed by atoms with Gasteiger partial charge in [-0.2, -0.15) is 0 Å². The lowest BCUT2D eigenvalue weighted by molar-refractivity contribution is -0.138. The number of nitrogens with zero attached hydrogens (tertiary/aromatic N) is 1. The van der Waals surface area contributed by atoms with Gasteiger partial charge in [0, 0.05) is 6.04 Å². The number of carboxylic acids is 1. The van der Waals surface area contributed by atoms with Crippen LogP contribution in [-0.4, -0.2) is 39.5 Å².